The number of hydrogen-bond acceptors (Lipinski definition) is 2. The van der Waals surface area contributed by atoms with Gasteiger partial charge < -0.3 is 9.80 Å². The molecule has 2 nitrogen and oxygen atoms in total. The lowest BCUT2D eigenvalue weighted by Crippen LogP contribution is -2.25. The fourth-order valence-corrected chi connectivity index (χ4v) is 6.67. The van der Waals surface area contributed by atoms with Gasteiger partial charge in [-0.15, -0.1) is 0 Å². The van der Waals surface area contributed by atoms with E-state index in [0.717, 1.165) is 0 Å². The van der Waals surface area contributed by atoms with Gasteiger partial charge in [0.05, 0.1) is 22.7 Å². The molecule has 0 fully saturated rings. The van der Waals surface area contributed by atoms with Gasteiger partial charge in [0, 0.05) is 22.3 Å². The normalized spacial score (nSPS) is 12.3. The third-order valence-corrected chi connectivity index (χ3v) is 8.70. The summed E-state index contributed by atoms with van der Waals surface area (Å²) in [5.41, 5.74) is 14.5. The standard InChI is InChI=1S/C43H32N2/c1-5-17-32(18-6-1)36-25-15-26-37(33-19-7-2-8-20-33)42(36)44-31-45(41-30-14-13-29-40(41)44)43-38(34-21-9-3-10-22-34)27-16-28-39(43)35-23-11-4-12-24-35/h1-30H,31H2. The molecule has 0 aromatic heterocycles. The Bertz CT molecular complexity index is 1800. The maximum atomic E-state index is 2.51. The van der Waals surface area contributed by atoms with E-state index in [1.54, 1.807) is 0 Å². The van der Waals surface area contributed by atoms with Crippen molar-refractivity contribution in [2.24, 2.45) is 0 Å². The molecule has 2 heteroatoms. The first kappa shape index (κ1) is 26.7. The topological polar surface area (TPSA) is 6.48 Å². The van der Waals surface area contributed by atoms with Crippen LogP contribution in [0.15, 0.2) is 182 Å². The van der Waals surface area contributed by atoms with Gasteiger partial charge in [0.2, 0.25) is 0 Å². The smallest absolute Gasteiger partial charge is 0.100 e. The van der Waals surface area contributed by atoms with Crippen LogP contribution in [0.2, 0.25) is 0 Å². The minimum Gasteiger partial charge on any atom is -0.320 e. The van der Waals surface area contributed by atoms with Crippen LogP contribution in [0, 0.1) is 0 Å². The lowest BCUT2D eigenvalue weighted by Gasteiger charge is -2.29. The van der Waals surface area contributed by atoms with Crippen LogP contribution in [0.3, 0.4) is 0 Å². The monoisotopic (exact) mass is 576 g/mol. The van der Waals surface area contributed by atoms with Crippen LogP contribution in [0.25, 0.3) is 44.5 Å². The van der Waals surface area contributed by atoms with Gasteiger partial charge in [0.15, 0.2) is 0 Å². The van der Waals surface area contributed by atoms with Crippen LogP contribution in [-0.4, -0.2) is 6.67 Å². The molecular formula is C43H32N2. The Labute approximate surface area is 265 Å². The minimum atomic E-state index is 0.673. The van der Waals surface area contributed by atoms with E-state index >= 15 is 0 Å². The highest BCUT2D eigenvalue weighted by atomic mass is 15.4. The highest BCUT2D eigenvalue weighted by molar-refractivity contribution is 6.02. The number of para-hydroxylation sites is 4. The fraction of sp³-hybridized carbons (Fsp3) is 0.0233. The van der Waals surface area contributed by atoms with Gasteiger partial charge in [0.25, 0.3) is 0 Å². The lowest BCUT2D eigenvalue weighted by atomic mass is 9.95. The Morgan fingerprint density at radius 1 is 0.267 bits per heavy atom. The van der Waals surface area contributed by atoms with Crippen LogP contribution in [-0.2, 0) is 0 Å². The first-order valence-corrected chi connectivity index (χ1v) is 15.5. The predicted octanol–water partition coefficient (Wildman–Crippen LogP) is 11.6. The molecule has 0 N–H and O–H groups in total. The van der Waals surface area contributed by atoms with Crippen LogP contribution in [0.1, 0.15) is 0 Å². The Morgan fingerprint density at radius 2 is 0.533 bits per heavy atom. The molecule has 0 saturated carbocycles. The molecule has 0 amide bonds. The van der Waals surface area contributed by atoms with E-state index in [1.807, 2.05) is 0 Å². The number of anilines is 4. The number of hydrogen-bond donors (Lipinski definition) is 0. The van der Waals surface area contributed by atoms with Crippen LogP contribution in [0.5, 0.6) is 0 Å². The van der Waals surface area contributed by atoms with Gasteiger partial charge in [-0.25, -0.2) is 0 Å². The Hall–Kier alpha value is -5.86. The molecule has 0 radical (unpaired) electrons. The molecule has 0 saturated heterocycles. The molecular weight excluding hydrogens is 544 g/mol. The molecule has 8 rings (SSSR count). The van der Waals surface area contributed by atoms with Crippen molar-refractivity contribution in [2.75, 3.05) is 16.5 Å². The van der Waals surface area contributed by atoms with Gasteiger partial charge in [-0.05, 0) is 34.4 Å². The summed E-state index contributed by atoms with van der Waals surface area (Å²) in [6, 6.07) is 65.3. The Morgan fingerprint density at radius 3 is 0.822 bits per heavy atom. The zero-order chi connectivity index (χ0) is 30.0. The minimum absolute atomic E-state index is 0.673. The molecule has 7 aromatic rings. The van der Waals surface area contributed by atoms with Crippen molar-refractivity contribution >= 4 is 22.7 Å². The molecule has 1 aliphatic heterocycles. The third kappa shape index (κ3) is 4.87. The summed E-state index contributed by atoms with van der Waals surface area (Å²) < 4.78 is 0. The Kier molecular flexibility index (Phi) is 6.94. The zero-order valence-corrected chi connectivity index (χ0v) is 24.9. The molecule has 214 valence electrons. The molecule has 0 aliphatic carbocycles. The summed E-state index contributed by atoms with van der Waals surface area (Å²) in [4.78, 5) is 5.02. The SMILES string of the molecule is c1ccc(-c2cccc(-c3ccccc3)c2N2CN(c3c(-c4ccccc4)cccc3-c3ccccc3)c3ccccc32)cc1. The second-order valence-corrected chi connectivity index (χ2v) is 11.4. The average molecular weight is 577 g/mol. The summed E-state index contributed by atoms with van der Waals surface area (Å²) in [6.07, 6.45) is 0. The maximum Gasteiger partial charge on any atom is 0.100 e. The molecule has 0 unspecified atom stereocenters. The van der Waals surface area contributed by atoms with Crippen molar-refractivity contribution in [2.45, 2.75) is 0 Å². The van der Waals surface area contributed by atoms with Gasteiger partial charge in [-0.2, -0.15) is 0 Å². The zero-order valence-electron chi connectivity index (χ0n) is 24.9. The van der Waals surface area contributed by atoms with E-state index in [2.05, 4.69) is 192 Å². The quantitative estimate of drug-likeness (QED) is 0.194. The van der Waals surface area contributed by atoms with Gasteiger partial charge in [0.1, 0.15) is 6.67 Å². The van der Waals surface area contributed by atoms with Crippen molar-refractivity contribution in [1.82, 2.24) is 0 Å². The number of nitrogens with zero attached hydrogens (tertiary/aromatic N) is 2. The summed E-state index contributed by atoms with van der Waals surface area (Å²) >= 11 is 0. The number of rotatable bonds is 6. The van der Waals surface area contributed by atoms with E-state index in [4.69, 9.17) is 0 Å². The largest absolute Gasteiger partial charge is 0.320 e. The first-order valence-electron chi connectivity index (χ1n) is 15.5. The lowest BCUT2D eigenvalue weighted by molar-refractivity contribution is 0.994. The van der Waals surface area contributed by atoms with Crippen molar-refractivity contribution in [3.63, 3.8) is 0 Å². The van der Waals surface area contributed by atoms with Crippen molar-refractivity contribution in [3.8, 4) is 44.5 Å². The number of fused-ring (bicyclic) bond motifs is 1. The summed E-state index contributed by atoms with van der Waals surface area (Å²) in [5, 5.41) is 0. The van der Waals surface area contributed by atoms with Gasteiger partial charge in [-0.3, -0.25) is 0 Å². The van der Waals surface area contributed by atoms with E-state index in [0.29, 0.717) is 6.67 Å². The number of benzene rings is 7. The molecule has 1 aliphatic rings. The average Bonchev–Trinajstić information content (AvgIpc) is 3.51. The van der Waals surface area contributed by atoms with Crippen LogP contribution < -0.4 is 9.80 Å². The van der Waals surface area contributed by atoms with E-state index < -0.39 is 0 Å². The molecule has 0 spiro atoms. The second-order valence-electron chi connectivity index (χ2n) is 11.4. The molecule has 1 heterocycles. The van der Waals surface area contributed by atoms with E-state index in [9.17, 15) is 0 Å². The van der Waals surface area contributed by atoms with Crippen molar-refractivity contribution in [1.29, 1.82) is 0 Å². The van der Waals surface area contributed by atoms with Gasteiger partial charge in [-0.1, -0.05) is 170 Å². The van der Waals surface area contributed by atoms with E-state index in [1.165, 1.54) is 67.3 Å². The van der Waals surface area contributed by atoms with Crippen molar-refractivity contribution in [3.05, 3.63) is 182 Å². The highest BCUT2D eigenvalue weighted by Crippen LogP contribution is 2.53. The molecule has 7 aromatic carbocycles. The Balaban J connectivity index is 1.38. The molecule has 45 heavy (non-hydrogen) atoms. The summed E-state index contributed by atoms with van der Waals surface area (Å²) in [7, 11) is 0. The summed E-state index contributed by atoms with van der Waals surface area (Å²) in [5.74, 6) is 0. The van der Waals surface area contributed by atoms with Crippen LogP contribution in [0.4, 0.5) is 22.7 Å². The predicted molar refractivity (Wildman–Crippen MR) is 190 cm³/mol. The molecule has 0 bridgehead atoms. The van der Waals surface area contributed by atoms with Crippen LogP contribution >= 0.6 is 0 Å². The van der Waals surface area contributed by atoms with Gasteiger partial charge >= 0.3 is 0 Å². The highest BCUT2D eigenvalue weighted by Gasteiger charge is 2.33. The fourth-order valence-electron chi connectivity index (χ4n) is 6.67. The first-order chi connectivity index (χ1) is 22.4. The summed E-state index contributed by atoms with van der Waals surface area (Å²) in [6.45, 7) is 0.673. The third-order valence-electron chi connectivity index (χ3n) is 8.70. The van der Waals surface area contributed by atoms with E-state index in [-0.39, 0.29) is 0 Å². The maximum absolute atomic E-state index is 2.51. The molecule has 0 atom stereocenters. The second kappa shape index (κ2) is 11.7. The van der Waals surface area contributed by atoms with Crippen molar-refractivity contribution < 1.29 is 0 Å².